The van der Waals surface area contributed by atoms with Crippen molar-refractivity contribution in [1.82, 2.24) is 4.90 Å². The number of likely N-dealkylation sites (N-methyl/N-ethyl adjacent to an activating group) is 1. The lowest BCUT2D eigenvalue weighted by atomic mass is 10.1. The topological polar surface area (TPSA) is 55.8 Å². The first-order valence-corrected chi connectivity index (χ1v) is 9.20. The van der Waals surface area contributed by atoms with Crippen LogP contribution in [-0.4, -0.2) is 37.0 Å². The molecule has 2 rings (SSSR count). The van der Waals surface area contributed by atoms with Crippen LogP contribution in [0, 0.1) is 0 Å². The number of ether oxygens (including phenoxy) is 2. The van der Waals surface area contributed by atoms with E-state index in [1.165, 1.54) is 4.90 Å². The average Bonchev–Trinajstić information content (AvgIpc) is 2.64. The summed E-state index contributed by atoms with van der Waals surface area (Å²) in [6.07, 6.45) is -0.0889. The first-order valence-electron chi connectivity index (χ1n) is 8.45. The molecule has 0 saturated carbocycles. The normalized spacial score (nSPS) is 10.4. The molecule has 0 fully saturated rings. The molecule has 0 heterocycles. The summed E-state index contributed by atoms with van der Waals surface area (Å²) in [7, 11) is 1.65. The lowest BCUT2D eigenvalue weighted by molar-refractivity contribution is -0.151. The largest absolute Gasteiger partial charge is 0.494 e. The zero-order valence-electron chi connectivity index (χ0n) is 15.2. The second-order valence-electron chi connectivity index (χ2n) is 5.86. The van der Waals surface area contributed by atoms with Crippen LogP contribution in [0.3, 0.4) is 0 Å². The standard InChI is InChI=1S/C20H21Cl2NO4/c1-3-26-15-9-7-14(8-10-15)12-23(2)19(24)13-27-20(25)11-16-17(21)5-4-6-18(16)22/h4-10H,3,11-13H2,1-2H3. The third-order valence-corrected chi connectivity index (χ3v) is 4.53. The van der Waals surface area contributed by atoms with E-state index >= 15 is 0 Å². The lowest BCUT2D eigenvalue weighted by Crippen LogP contribution is -2.31. The highest BCUT2D eigenvalue weighted by Crippen LogP contribution is 2.24. The van der Waals surface area contributed by atoms with E-state index in [1.54, 1.807) is 25.2 Å². The quantitative estimate of drug-likeness (QED) is 0.614. The summed E-state index contributed by atoms with van der Waals surface area (Å²) < 4.78 is 10.4. The molecular weight excluding hydrogens is 389 g/mol. The molecule has 0 aromatic heterocycles. The number of nitrogens with zero attached hydrogens (tertiary/aromatic N) is 1. The Kier molecular flexibility index (Phi) is 7.95. The van der Waals surface area contributed by atoms with Crippen molar-refractivity contribution in [2.45, 2.75) is 19.9 Å². The van der Waals surface area contributed by atoms with Gasteiger partial charge in [0.15, 0.2) is 6.61 Å². The maximum absolute atomic E-state index is 12.2. The summed E-state index contributed by atoms with van der Waals surface area (Å²) in [6, 6.07) is 12.5. The van der Waals surface area contributed by atoms with Gasteiger partial charge in [0.1, 0.15) is 5.75 Å². The molecule has 5 nitrogen and oxygen atoms in total. The van der Waals surface area contributed by atoms with E-state index in [1.807, 2.05) is 31.2 Å². The Labute approximate surface area is 168 Å². The van der Waals surface area contributed by atoms with Crippen LogP contribution in [0.25, 0.3) is 0 Å². The minimum absolute atomic E-state index is 0.0889. The minimum Gasteiger partial charge on any atom is -0.494 e. The summed E-state index contributed by atoms with van der Waals surface area (Å²) in [4.78, 5) is 25.6. The lowest BCUT2D eigenvalue weighted by Gasteiger charge is -2.17. The van der Waals surface area contributed by atoms with E-state index in [9.17, 15) is 9.59 Å². The number of esters is 1. The van der Waals surface area contributed by atoms with Crippen LogP contribution in [0.1, 0.15) is 18.1 Å². The Morgan fingerprint density at radius 1 is 1.04 bits per heavy atom. The van der Waals surface area contributed by atoms with Gasteiger partial charge < -0.3 is 14.4 Å². The van der Waals surface area contributed by atoms with E-state index in [2.05, 4.69) is 0 Å². The molecule has 2 aromatic carbocycles. The summed E-state index contributed by atoms with van der Waals surface area (Å²) in [5.74, 6) is -0.0855. The number of carbonyl (C=O) groups is 2. The van der Waals surface area contributed by atoms with Crippen LogP contribution in [0.5, 0.6) is 5.75 Å². The van der Waals surface area contributed by atoms with Crippen LogP contribution in [0.2, 0.25) is 10.0 Å². The Hall–Kier alpha value is -2.24. The van der Waals surface area contributed by atoms with Crippen LogP contribution >= 0.6 is 23.2 Å². The summed E-state index contributed by atoms with van der Waals surface area (Å²) in [5, 5.41) is 0.775. The van der Waals surface area contributed by atoms with Crippen molar-refractivity contribution in [1.29, 1.82) is 0 Å². The first-order chi connectivity index (χ1) is 12.9. The molecule has 0 N–H and O–H groups in total. The smallest absolute Gasteiger partial charge is 0.310 e. The second kappa shape index (κ2) is 10.2. The first kappa shape index (κ1) is 21.1. The Morgan fingerprint density at radius 2 is 1.67 bits per heavy atom. The number of rotatable bonds is 8. The van der Waals surface area contributed by atoms with Gasteiger partial charge in [-0.25, -0.2) is 0 Å². The van der Waals surface area contributed by atoms with Crippen LogP contribution in [0.4, 0.5) is 0 Å². The number of carbonyl (C=O) groups excluding carboxylic acids is 2. The van der Waals surface area contributed by atoms with Gasteiger partial charge >= 0.3 is 5.97 Å². The summed E-state index contributed by atoms with van der Waals surface area (Å²) >= 11 is 12.1. The molecule has 2 aromatic rings. The van der Waals surface area contributed by atoms with Crippen molar-refractivity contribution in [3.05, 3.63) is 63.6 Å². The Balaban J connectivity index is 1.82. The van der Waals surface area contributed by atoms with Crippen molar-refractivity contribution in [2.24, 2.45) is 0 Å². The molecule has 0 aliphatic rings. The monoisotopic (exact) mass is 409 g/mol. The van der Waals surface area contributed by atoms with Gasteiger partial charge in [-0.1, -0.05) is 41.4 Å². The fourth-order valence-electron chi connectivity index (χ4n) is 2.37. The van der Waals surface area contributed by atoms with Crippen molar-refractivity contribution in [2.75, 3.05) is 20.3 Å². The molecule has 0 bridgehead atoms. The predicted molar refractivity (Wildman–Crippen MR) is 105 cm³/mol. The molecule has 0 aliphatic carbocycles. The van der Waals surface area contributed by atoms with Gasteiger partial charge in [0.05, 0.1) is 13.0 Å². The molecule has 0 aliphatic heterocycles. The summed E-state index contributed by atoms with van der Waals surface area (Å²) in [6.45, 7) is 2.58. The van der Waals surface area contributed by atoms with Gasteiger partial charge in [0.25, 0.3) is 5.91 Å². The number of amides is 1. The minimum atomic E-state index is -0.562. The van der Waals surface area contributed by atoms with Gasteiger partial charge in [-0.3, -0.25) is 9.59 Å². The van der Waals surface area contributed by atoms with Crippen molar-refractivity contribution >= 4 is 35.1 Å². The summed E-state index contributed by atoms with van der Waals surface area (Å²) in [5.41, 5.74) is 1.43. The third kappa shape index (κ3) is 6.45. The maximum atomic E-state index is 12.2. The molecule has 144 valence electrons. The van der Waals surface area contributed by atoms with E-state index < -0.39 is 5.97 Å². The van der Waals surface area contributed by atoms with Gasteiger partial charge in [0.2, 0.25) is 0 Å². The van der Waals surface area contributed by atoms with Crippen molar-refractivity contribution in [3.8, 4) is 5.75 Å². The predicted octanol–water partition coefficient (Wildman–Crippen LogP) is 4.14. The Bertz CT molecular complexity index is 773. The van der Waals surface area contributed by atoms with E-state index in [4.69, 9.17) is 32.7 Å². The van der Waals surface area contributed by atoms with Crippen molar-refractivity contribution in [3.63, 3.8) is 0 Å². The highest BCUT2D eigenvalue weighted by molar-refractivity contribution is 6.36. The molecule has 7 heteroatoms. The van der Waals surface area contributed by atoms with Crippen LogP contribution < -0.4 is 4.74 Å². The molecule has 0 saturated heterocycles. The van der Waals surface area contributed by atoms with Gasteiger partial charge in [-0.15, -0.1) is 0 Å². The molecule has 1 amide bonds. The molecule has 0 unspecified atom stereocenters. The fraction of sp³-hybridized carbons (Fsp3) is 0.300. The SMILES string of the molecule is CCOc1ccc(CN(C)C(=O)COC(=O)Cc2c(Cl)cccc2Cl)cc1. The number of benzene rings is 2. The van der Waals surface area contributed by atoms with Gasteiger partial charge in [-0.05, 0) is 36.8 Å². The highest BCUT2D eigenvalue weighted by Gasteiger charge is 2.15. The van der Waals surface area contributed by atoms with E-state index in [-0.39, 0.29) is 18.9 Å². The number of hydrogen-bond donors (Lipinski definition) is 0. The maximum Gasteiger partial charge on any atom is 0.310 e. The van der Waals surface area contributed by atoms with Crippen molar-refractivity contribution < 1.29 is 19.1 Å². The number of halogens is 2. The highest BCUT2D eigenvalue weighted by atomic mass is 35.5. The van der Waals surface area contributed by atoms with E-state index in [0.717, 1.165) is 11.3 Å². The second-order valence-corrected chi connectivity index (χ2v) is 6.68. The zero-order chi connectivity index (χ0) is 19.8. The molecule has 27 heavy (non-hydrogen) atoms. The van der Waals surface area contributed by atoms with Gasteiger partial charge in [0, 0.05) is 29.2 Å². The number of hydrogen-bond acceptors (Lipinski definition) is 4. The van der Waals surface area contributed by atoms with Gasteiger partial charge in [-0.2, -0.15) is 0 Å². The molecule has 0 spiro atoms. The molecule has 0 atom stereocenters. The molecular formula is C20H21Cl2NO4. The van der Waals surface area contributed by atoms with E-state index in [0.29, 0.717) is 28.8 Å². The average molecular weight is 410 g/mol. The zero-order valence-corrected chi connectivity index (χ0v) is 16.7. The Morgan fingerprint density at radius 3 is 2.26 bits per heavy atom. The third-order valence-electron chi connectivity index (χ3n) is 3.82. The fourth-order valence-corrected chi connectivity index (χ4v) is 2.90. The van der Waals surface area contributed by atoms with Crippen LogP contribution in [-0.2, 0) is 27.3 Å². The van der Waals surface area contributed by atoms with Crippen LogP contribution in [0.15, 0.2) is 42.5 Å². The molecule has 0 radical (unpaired) electrons.